The lowest BCUT2D eigenvalue weighted by Gasteiger charge is -2.14. The molecule has 2 N–H and O–H groups in total. The summed E-state index contributed by atoms with van der Waals surface area (Å²) >= 11 is 0. The van der Waals surface area contributed by atoms with E-state index in [9.17, 15) is 0 Å². The summed E-state index contributed by atoms with van der Waals surface area (Å²) in [5.41, 5.74) is 7.98. The highest BCUT2D eigenvalue weighted by Gasteiger charge is 2.16. The SMILES string of the molecule is C=CC=N/C=C\Cc1cncc2[nH]c(-c3n[nH]c4ccc(-c5cncc(CN6CCCC6)c5)cc34)nc12. The number of pyridine rings is 2. The molecule has 5 heterocycles. The summed E-state index contributed by atoms with van der Waals surface area (Å²) in [5, 5.41) is 8.77. The summed E-state index contributed by atoms with van der Waals surface area (Å²) in [4.78, 5) is 23.9. The second kappa shape index (κ2) is 10.3. The van der Waals surface area contributed by atoms with Crippen LogP contribution in [0.4, 0.5) is 0 Å². The highest BCUT2D eigenvalue weighted by atomic mass is 15.1. The molecule has 1 aromatic carbocycles. The number of aromatic amines is 2. The number of nitrogens with one attached hydrogen (secondary N) is 2. The molecule has 0 saturated carbocycles. The monoisotopic (exact) mass is 488 g/mol. The lowest BCUT2D eigenvalue weighted by molar-refractivity contribution is 0.331. The molecular formula is C29H28N8. The standard InChI is InChI=1S/C29H28N8/c1-2-9-30-10-5-6-22-16-32-18-26-27(22)34-29(33-26)28-24-14-21(7-8-25(24)35-36-28)23-13-20(15-31-17-23)19-37-11-3-4-12-37/h2,5,7-10,13-18H,1,3-4,6,11-12,19H2,(H,33,34)(H,35,36)/b10-5-,30-9?. The lowest BCUT2D eigenvalue weighted by Crippen LogP contribution is -2.18. The molecule has 6 rings (SSSR count). The van der Waals surface area contributed by atoms with Crippen LogP contribution in [-0.2, 0) is 13.0 Å². The molecule has 0 spiro atoms. The quantitative estimate of drug-likeness (QED) is 0.282. The van der Waals surface area contributed by atoms with Crippen LogP contribution in [0.3, 0.4) is 0 Å². The van der Waals surface area contributed by atoms with Crippen molar-refractivity contribution in [2.24, 2.45) is 4.99 Å². The first-order chi connectivity index (χ1) is 18.3. The van der Waals surface area contributed by atoms with Gasteiger partial charge in [-0.05, 0) is 61.7 Å². The minimum absolute atomic E-state index is 0.676. The van der Waals surface area contributed by atoms with Gasteiger partial charge in [0.25, 0.3) is 0 Å². The van der Waals surface area contributed by atoms with E-state index in [1.165, 1.54) is 31.5 Å². The van der Waals surface area contributed by atoms with Crippen LogP contribution < -0.4 is 0 Å². The van der Waals surface area contributed by atoms with Crippen LogP contribution in [0.25, 0.3) is 44.6 Å². The molecule has 37 heavy (non-hydrogen) atoms. The minimum Gasteiger partial charge on any atom is -0.335 e. The highest BCUT2D eigenvalue weighted by Crippen LogP contribution is 2.31. The predicted molar refractivity (Wildman–Crippen MR) is 148 cm³/mol. The summed E-state index contributed by atoms with van der Waals surface area (Å²) in [6.45, 7) is 6.92. The van der Waals surface area contributed by atoms with Crippen molar-refractivity contribution in [1.82, 2.24) is 35.0 Å². The van der Waals surface area contributed by atoms with E-state index in [1.54, 1.807) is 24.7 Å². The predicted octanol–water partition coefficient (Wildman–Crippen LogP) is 5.47. The van der Waals surface area contributed by atoms with Gasteiger partial charge in [-0.1, -0.05) is 24.8 Å². The number of aliphatic imine (C=N–C) groups is 1. The van der Waals surface area contributed by atoms with Gasteiger partial charge < -0.3 is 4.98 Å². The van der Waals surface area contributed by atoms with Gasteiger partial charge in [0, 0.05) is 54.1 Å². The second-order valence-electron chi connectivity index (χ2n) is 9.30. The number of hydrogen-bond donors (Lipinski definition) is 2. The van der Waals surface area contributed by atoms with Crippen molar-refractivity contribution in [1.29, 1.82) is 0 Å². The maximum atomic E-state index is 4.91. The lowest BCUT2D eigenvalue weighted by atomic mass is 10.0. The van der Waals surface area contributed by atoms with E-state index in [1.807, 2.05) is 24.7 Å². The third-order valence-electron chi connectivity index (χ3n) is 6.71. The van der Waals surface area contributed by atoms with E-state index in [4.69, 9.17) is 4.98 Å². The molecule has 5 aromatic rings. The average molecular weight is 489 g/mol. The Morgan fingerprint density at radius 3 is 2.78 bits per heavy atom. The van der Waals surface area contributed by atoms with E-state index in [-0.39, 0.29) is 0 Å². The van der Waals surface area contributed by atoms with E-state index in [2.05, 4.69) is 65.9 Å². The Kier molecular flexibility index (Phi) is 6.39. The fourth-order valence-corrected chi connectivity index (χ4v) is 4.91. The second-order valence-corrected chi connectivity index (χ2v) is 9.30. The third kappa shape index (κ3) is 4.83. The van der Waals surface area contributed by atoms with Crippen LogP contribution in [0.5, 0.6) is 0 Å². The van der Waals surface area contributed by atoms with Gasteiger partial charge in [-0.15, -0.1) is 0 Å². The van der Waals surface area contributed by atoms with E-state index in [0.29, 0.717) is 12.2 Å². The van der Waals surface area contributed by atoms with Gasteiger partial charge in [0.15, 0.2) is 5.82 Å². The van der Waals surface area contributed by atoms with Gasteiger partial charge in [-0.2, -0.15) is 5.10 Å². The number of hydrogen-bond acceptors (Lipinski definition) is 6. The molecule has 0 amide bonds. The fourth-order valence-electron chi connectivity index (χ4n) is 4.91. The number of H-pyrrole nitrogens is 2. The molecule has 1 aliphatic heterocycles. The largest absolute Gasteiger partial charge is 0.335 e. The number of benzene rings is 1. The minimum atomic E-state index is 0.676. The summed E-state index contributed by atoms with van der Waals surface area (Å²) < 4.78 is 0. The smallest absolute Gasteiger partial charge is 0.159 e. The molecule has 0 unspecified atom stereocenters. The van der Waals surface area contributed by atoms with Crippen molar-refractivity contribution in [2.45, 2.75) is 25.8 Å². The summed E-state index contributed by atoms with van der Waals surface area (Å²) in [6.07, 6.45) is 17.8. The zero-order valence-corrected chi connectivity index (χ0v) is 20.6. The Labute approximate surface area is 214 Å². The zero-order chi connectivity index (χ0) is 25.0. The van der Waals surface area contributed by atoms with Crippen LogP contribution in [0.15, 0.2) is 79.0 Å². The highest BCUT2D eigenvalue weighted by molar-refractivity contribution is 5.95. The third-order valence-corrected chi connectivity index (χ3v) is 6.71. The van der Waals surface area contributed by atoms with Gasteiger partial charge >= 0.3 is 0 Å². The number of rotatable bonds is 8. The van der Waals surface area contributed by atoms with Crippen molar-refractivity contribution in [3.8, 4) is 22.6 Å². The first-order valence-electron chi connectivity index (χ1n) is 12.6. The van der Waals surface area contributed by atoms with E-state index < -0.39 is 0 Å². The average Bonchev–Trinajstić information content (AvgIpc) is 3.68. The summed E-state index contributed by atoms with van der Waals surface area (Å²) in [5.74, 6) is 0.710. The molecule has 4 aromatic heterocycles. The molecule has 8 nitrogen and oxygen atoms in total. The molecule has 1 saturated heterocycles. The van der Waals surface area contributed by atoms with Crippen LogP contribution in [0, 0.1) is 0 Å². The Bertz CT molecular complexity index is 1620. The van der Waals surface area contributed by atoms with E-state index in [0.717, 1.165) is 50.9 Å². The number of allylic oxidation sites excluding steroid dienone is 2. The molecular weight excluding hydrogens is 460 g/mol. The Hall–Kier alpha value is -4.43. The van der Waals surface area contributed by atoms with Crippen molar-refractivity contribution < 1.29 is 0 Å². The zero-order valence-electron chi connectivity index (χ0n) is 20.6. The van der Waals surface area contributed by atoms with Gasteiger partial charge in [0.1, 0.15) is 5.69 Å². The molecule has 1 fully saturated rings. The first kappa shape index (κ1) is 23.0. The first-order valence-corrected chi connectivity index (χ1v) is 12.6. The number of nitrogens with zero attached hydrogens (tertiary/aromatic N) is 6. The molecule has 184 valence electrons. The van der Waals surface area contributed by atoms with Crippen LogP contribution >= 0.6 is 0 Å². The molecule has 8 heteroatoms. The molecule has 0 radical (unpaired) electrons. The number of imidazole rings is 1. The van der Waals surface area contributed by atoms with Gasteiger partial charge in [0.2, 0.25) is 0 Å². The van der Waals surface area contributed by atoms with Crippen molar-refractivity contribution >= 4 is 28.2 Å². The Morgan fingerprint density at radius 1 is 1.00 bits per heavy atom. The number of likely N-dealkylation sites (tertiary alicyclic amines) is 1. The number of aromatic nitrogens is 6. The normalized spacial score (nSPS) is 14.6. The topological polar surface area (TPSA) is 98.7 Å². The van der Waals surface area contributed by atoms with Crippen LogP contribution in [0.2, 0.25) is 0 Å². The molecule has 0 atom stereocenters. The molecule has 1 aliphatic rings. The van der Waals surface area contributed by atoms with Crippen molar-refractivity contribution in [3.05, 3.63) is 85.1 Å². The molecule has 0 bridgehead atoms. The Balaban J connectivity index is 1.32. The molecule has 0 aliphatic carbocycles. The van der Waals surface area contributed by atoms with Crippen molar-refractivity contribution in [3.63, 3.8) is 0 Å². The van der Waals surface area contributed by atoms with Gasteiger partial charge in [-0.3, -0.25) is 25.0 Å². The number of fused-ring (bicyclic) bond motifs is 2. The maximum absolute atomic E-state index is 4.91. The summed E-state index contributed by atoms with van der Waals surface area (Å²) in [6, 6.07) is 8.59. The van der Waals surface area contributed by atoms with Crippen LogP contribution in [-0.4, -0.2) is 54.3 Å². The van der Waals surface area contributed by atoms with Crippen LogP contribution in [0.1, 0.15) is 24.0 Å². The van der Waals surface area contributed by atoms with Gasteiger partial charge in [-0.25, -0.2) is 4.98 Å². The van der Waals surface area contributed by atoms with E-state index >= 15 is 0 Å². The van der Waals surface area contributed by atoms with Gasteiger partial charge in [0.05, 0.1) is 22.7 Å². The Morgan fingerprint density at radius 2 is 1.89 bits per heavy atom. The maximum Gasteiger partial charge on any atom is 0.159 e. The summed E-state index contributed by atoms with van der Waals surface area (Å²) in [7, 11) is 0. The fraction of sp³-hybridized carbons (Fsp3) is 0.207. The van der Waals surface area contributed by atoms with Crippen molar-refractivity contribution in [2.75, 3.05) is 13.1 Å².